The van der Waals surface area contributed by atoms with Crippen LogP contribution in [0.5, 0.6) is 0 Å². The van der Waals surface area contributed by atoms with Crippen molar-refractivity contribution in [2.24, 2.45) is 11.8 Å². The van der Waals surface area contributed by atoms with Crippen molar-refractivity contribution in [2.45, 2.75) is 27.3 Å². The normalized spacial score (nSPS) is 17.8. The van der Waals surface area contributed by atoms with Gasteiger partial charge in [-0.25, -0.2) is 8.78 Å². The lowest BCUT2D eigenvalue weighted by atomic mass is 9.96. The molecule has 1 heterocycles. The van der Waals surface area contributed by atoms with Crippen LogP contribution in [-0.4, -0.2) is 23.0 Å². The first-order chi connectivity index (χ1) is 10.3. The van der Waals surface area contributed by atoms with Gasteiger partial charge in [-0.1, -0.05) is 19.9 Å². The smallest absolute Gasteiger partial charge is 0.175 e. The summed E-state index contributed by atoms with van der Waals surface area (Å²) in [7, 11) is 0. The highest BCUT2D eigenvalue weighted by atomic mass is 19.2. The van der Waals surface area contributed by atoms with Crippen molar-refractivity contribution in [3.8, 4) is 0 Å². The topological polar surface area (TPSA) is 37.4 Å². The minimum Gasteiger partial charge on any atom is -0.364 e. The van der Waals surface area contributed by atoms with Gasteiger partial charge in [0.15, 0.2) is 17.4 Å². The molecule has 0 bridgehead atoms. The molecule has 0 radical (unpaired) electrons. The SMILES string of the molecule is CC(=O)C1=CC(C(=O)C(C)C)CN1Cc1ccc(F)c(F)c1. The fourth-order valence-electron chi connectivity index (χ4n) is 2.63. The van der Waals surface area contributed by atoms with E-state index in [1.165, 1.54) is 13.0 Å². The second-order valence-electron chi connectivity index (χ2n) is 5.90. The molecule has 118 valence electrons. The molecule has 3 nitrogen and oxygen atoms in total. The molecule has 1 aromatic carbocycles. The number of nitrogens with zero attached hydrogens (tertiary/aromatic N) is 1. The summed E-state index contributed by atoms with van der Waals surface area (Å²) in [4.78, 5) is 25.6. The second kappa shape index (κ2) is 6.38. The molecule has 1 aliphatic rings. The van der Waals surface area contributed by atoms with Crippen LogP contribution in [0.25, 0.3) is 0 Å². The Kier molecular flexibility index (Phi) is 4.74. The molecule has 0 spiro atoms. The Balaban J connectivity index is 2.19. The van der Waals surface area contributed by atoms with E-state index in [2.05, 4.69) is 0 Å². The Hall–Kier alpha value is -2.04. The number of carbonyl (C=O) groups is 2. The van der Waals surface area contributed by atoms with E-state index in [-0.39, 0.29) is 29.9 Å². The summed E-state index contributed by atoms with van der Waals surface area (Å²) < 4.78 is 26.3. The largest absolute Gasteiger partial charge is 0.364 e. The number of halogens is 2. The third-order valence-corrected chi connectivity index (χ3v) is 3.77. The van der Waals surface area contributed by atoms with Crippen LogP contribution >= 0.6 is 0 Å². The molecular weight excluding hydrogens is 288 g/mol. The zero-order chi connectivity index (χ0) is 16.4. The predicted molar refractivity (Wildman–Crippen MR) is 78.9 cm³/mol. The Morgan fingerprint density at radius 3 is 2.50 bits per heavy atom. The monoisotopic (exact) mass is 307 g/mol. The van der Waals surface area contributed by atoms with Crippen molar-refractivity contribution >= 4 is 11.6 Å². The third-order valence-electron chi connectivity index (χ3n) is 3.77. The number of rotatable bonds is 5. The van der Waals surface area contributed by atoms with Crippen LogP contribution in [0.15, 0.2) is 30.0 Å². The van der Waals surface area contributed by atoms with Crippen molar-refractivity contribution in [2.75, 3.05) is 6.54 Å². The lowest BCUT2D eigenvalue weighted by molar-refractivity contribution is -0.124. The van der Waals surface area contributed by atoms with Gasteiger partial charge in [0, 0.05) is 25.9 Å². The highest BCUT2D eigenvalue weighted by Gasteiger charge is 2.31. The van der Waals surface area contributed by atoms with Crippen LogP contribution in [0.1, 0.15) is 26.3 Å². The molecule has 0 saturated heterocycles. The Morgan fingerprint density at radius 2 is 1.95 bits per heavy atom. The third kappa shape index (κ3) is 3.40. The number of carbonyl (C=O) groups excluding carboxylic acids is 2. The minimum atomic E-state index is -0.917. The van der Waals surface area contributed by atoms with E-state index in [1.807, 2.05) is 13.8 Å². The summed E-state index contributed by atoms with van der Waals surface area (Å²) in [5.41, 5.74) is 1.02. The van der Waals surface area contributed by atoms with Gasteiger partial charge in [-0.3, -0.25) is 9.59 Å². The van der Waals surface area contributed by atoms with Gasteiger partial charge in [0.25, 0.3) is 0 Å². The zero-order valence-electron chi connectivity index (χ0n) is 12.9. The predicted octanol–water partition coefficient (Wildman–Crippen LogP) is 3.09. The summed E-state index contributed by atoms with van der Waals surface area (Å²) >= 11 is 0. The summed E-state index contributed by atoms with van der Waals surface area (Å²) in [6, 6.07) is 3.66. The zero-order valence-corrected chi connectivity index (χ0v) is 12.9. The highest BCUT2D eigenvalue weighted by molar-refractivity contribution is 5.95. The average molecular weight is 307 g/mol. The van der Waals surface area contributed by atoms with Gasteiger partial charge in [-0.2, -0.15) is 0 Å². The van der Waals surface area contributed by atoms with Crippen molar-refractivity contribution < 1.29 is 18.4 Å². The maximum Gasteiger partial charge on any atom is 0.175 e. The van der Waals surface area contributed by atoms with Crippen LogP contribution in [0.4, 0.5) is 8.78 Å². The van der Waals surface area contributed by atoms with E-state index in [9.17, 15) is 18.4 Å². The molecule has 0 N–H and O–H groups in total. The molecule has 1 aliphatic heterocycles. The van der Waals surface area contributed by atoms with E-state index < -0.39 is 11.6 Å². The number of Topliss-reactive ketones (excluding diaryl/α,β-unsaturated/α-hetero) is 2. The molecule has 0 fully saturated rings. The quantitative estimate of drug-likeness (QED) is 0.839. The Bertz CT molecular complexity index is 638. The van der Waals surface area contributed by atoms with Crippen molar-refractivity contribution in [3.05, 3.63) is 47.2 Å². The van der Waals surface area contributed by atoms with E-state index in [1.54, 1.807) is 11.0 Å². The first kappa shape index (κ1) is 16.3. The summed E-state index contributed by atoms with van der Waals surface area (Å²) in [5.74, 6) is -2.32. The maximum atomic E-state index is 13.3. The van der Waals surface area contributed by atoms with E-state index in [4.69, 9.17) is 0 Å². The van der Waals surface area contributed by atoms with Gasteiger partial charge in [-0.05, 0) is 23.8 Å². The first-order valence-corrected chi connectivity index (χ1v) is 7.25. The summed E-state index contributed by atoms with van der Waals surface area (Å²) in [5, 5.41) is 0. The van der Waals surface area contributed by atoms with Gasteiger partial charge in [0.1, 0.15) is 5.78 Å². The molecule has 0 aliphatic carbocycles. The molecule has 1 unspecified atom stereocenters. The molecule has 22 heavy (non-hydrogen) atoms. The molecule has 0 aromatic heterocycles. The Morgan fingerprint density at radius 1 is 1.27 bits per heavy atom. The van der Waals surface area contributed by atoms with Gasteiger partial charge >= 0.3 is 0 Å². The van der Waals surface area contributed by atoms with Crippen LogP contribution in [0.3, 0.4) is 0 Å². The summed E-state index contributed by atoms with van der Waals surface area (Å²) in [6.07, 6.45) is 1.69. The molecule has 0 saturated carbocycles. The van der Waals surface area contributed by atoms with Crippen LogP contribution in [0, 0.1) is 23.5 Å². The lowest BCUT2D eigenvalue weighted by Gasteiger charge is -2.22. The average Bonchev–Trinajstić information content (AvgIpc) is 2.86. The summed E-state index contributed by atoms with van der Waals surface area (Å²) in [6.45, 7) is 5.74. The van der Waals surface area contributed by atoms with Gasteiger partial charge in [0.05, 0.1) is 11.6 Å². The second-order valence-corrected chi connectivity index (χ2v) is 5.90. The van der Waals surface area contributed by atoms with Crippen molar-refractivity contribution in [3.63, 3.8) is 0 Å². The maximum absolute atomic E-state index is 13.3. The van der Waals surface area contributed by atoms with Crippen LogP contribution in [-0.2, 0) is 16.1 Å². The highest BCUT2D eigenvalue weighted by Crippen LogP contribution is 2.26. The van der Waals surface area contributed by atoms with Gasteiger partial charge in [-0.15, -0.1) is 0 Å². The standard InChI is InChI=1S/C17H19F2NO2/c1-10(2)17(22)13-7-16(11(3)21)20(9-13)8-12-4-5-14(18)15(19)6-12/h4-7,10,13H,8-9H2,1-3H3. The first-order valence-electron chi connectivity index (χ1n) is 7.25. The van der Waals surface area contributed by atoms with E-state index >= 15 is 0 Å². The number of allylic oxidation sites excluding steroid dienone is 1. The molecule has 5 heteroatoms. The molecule has 0 amide bonds. The number of benzene rings is 1. The number of hydrogen-bond donors (Lipinski definition) is 0. The Labute approximate surface area is 128 Å². The molecule has 1 atom stereocenters. The van der Waals surface area contributed by atoms with Gasteiger partial charge < -0.3 is 4.90 Å². The molecular formula is C17H19F2NO2. The van der Waals surface area contributed by atoms with Crippen LogP contribution < -0.4 is 0 Å². The van der Waals surface area contributed by atoms with E-state index in [0.29, 0.717) is 17.8 Å². The molecule has 2 rings (SSSR count). The van der Waals surface area contributed by atoms with Crippen molar-refractivity contribution in [1.29, 1.82) is 0 Å². The lowest BCUT2D eigenvalue weighted by Crippen LogP contribution is -2.28. The van der Waals surface area contributed by atoms with Crippen LogP contribution in [0.2, 0.25) is 0 Å². The van der Waals surface area contributed by atoms with Crippen molar-refractivity contribution in [1.82, 2.24) is 4.90 Å². The fourth-order valence-corrected chi connectivity index (χ4v) is 2.63. The molecule has 1 aromatic rings. The van der Waals surface area contributed by atoms with Gasteiger partial charge in [0.2, 0.25) is 0 Å². The van der Waals surface area contributed by atoms with E-state index in [0.717, 1.165) is 12.1 Å². The number of hydrogen-bond acceptors (Lipinski definition) is 3. The minimum absolute atomic E-state index is 0.0755. The fraction of sp³-hybridized carbons (Fsp3) is 0.412. The number of ketones is 2.